The number of carbonyl (C=O) groups excluding carboxylic acids is 2. The minimum absolute atomic E-state index is 0.115. The van der Waals surface area contributed by atoms with Crippen LogP contribution >= 0.6 is 22.7 Å². The molecule has 0 radical (unpaired) electrons. The number of benzene rings is 1. The predicted molar refractivity (Wildman–Crippen MR) is 119 cm³/mol. The molecule has 1 aliphatic rings. The first kappa shape index (κ1) is 21.7. The lowest BCUT2D eigenvalue weighted by molar-refractivity contribution is -0.384. The summed E-state index contributed by atoms with van der Waals surface area (Å²) in [7, 11) is 1.33. The van der Waals surface area contributed by atoms with E-state index < -0.39 is 23.4 Å². The Morgan fingerprint density at radius 2 is 2.00 bits per heavy atom. The number of carbonyl (C=O) groups is 2. The summed E-state index contributed by atoms with van der Waals surface area (Å²) < 4.78 is 10.3. The maximum Gasteiger partial charge on any atom is 0.342 e. The third-order valence-corrected chi connectivity index (χ3v) is 6.68. The zero-order valence-electron chi connectivity index (χ0n) is 16.8. The predicted octanol–water partition coefficient (Wildman–Crippen LogP) is 4.26. The van der Waals surface area contributed by atoms with E-state index in [-0.39, 0.29) is 23.0 Å². The molecular formula is C21H17N3O6S2. The first-order valence-electron chi connectivity index (χ1n) is 9.44. The number of methoxy groups -OCH3 is 1. The number of nitro benzene ring substituents is 1. The summed E-state index contributed by atoms with van der Waals surface area (Å²) in [5.74, 6) is -1.27. The van der Waals surface area contributed by atoms with Crippen LogP contribution in [0.3, 0.4) is 0 Å². The third-order valence-electron chi connectivity index (χ3n) is 4.78. The highest BCUT2D eigenvalue weighted by atomic mass is 32.1. The minimum Gasteiger partial charge on any atom is -0.496 e. The molecule has 2 aromatic heterocycles. The van der Waals surface area contributed by atoms with Gasteiger partial charge in [-0.25, -0.2) is 9.80 Å². The highest BCUT2D eigenvalue weighted by Crippen LogP contribution is 2.36. The average Bonchev–Trinajstić information content (AvgIpc) is 3.56. The van der Waals surface area contributed by atoms with Gasteiger partial charge in [0.25, 0.3) is 11.6 Å². The molecule has 0 N–H and O–H groups in total. The Kier molecular flexibility index (Phi) is 6.28. The Morgan fingerprint density at radius 1 is 1.22 bits per heavy atom. The van der Waals surface area contributed by atoms with Gasteiger partial charge in [0.05, 0.1) is 28.7 Å². The van der Waals surface area contributed by atoms with Gasteiger partial charge in [-0.1, -0.05) is 12.1 Å². The molecule has 0 aliphatic carbocycles. The smallest absolute Gasteiger partial charge is 0.342 e. The highest BCUT2D eigenvalue weighted by Gasteiger charge is 2.34. The number of nitro groups is 1. The van der Waals surface area contributed by atoms with Crippen LogP contribution in [0.4, 0.5) is 5.69 Å². The fourth-order valence-electron chi connectivity index (χ4n) is 3.27. The number of thiophene rings is 2. The molecule has 9 nitrogen and oxygen atoms in total. The van der Waals surface area contributed by atoms with Gasteiger partial charge in [0.2, 0.25) is 0 Å². The summed E-state index contributed by atoms with van der Waals surface area (Å²) in [4.78, 5) is 37.8. The lowest BCUT2D eigenvalue weighted by Gasteiger charge is -2.20. The summed E-state index contributed by atoms with van der Waals surface area (Å²) >= 11 is 3.06. The van der Waals surface area contributed by atoms with Crippen molar-refractivity contribution < 1.29 is 24.0 Å². The van der Waals surface area contributed by atoms with Gasteiger partial charge < -0.3 is 9.47 Å². The van der Waals surface area contributed by atoms with E-state index in [0.717, 1.165) is 21.5 Å². The molecule has 1 atom stereocenters. The Hall–Kier alpha value is -3.57. The van der Waals surface area contributed by atoms with Crippen molar-refractivity contribution in [2.24, 2.45) is 5.10 Å². The van der Waals surface area contributed by atoms with Gasteiger partial charge in [0.15, 0.2) is 6.61 Å². The van der Waals surface area contributed by atoms with Crippen LogP contribution in [0.5, 0.6) is 5.75 Å². The maximum atomic E-state index is 12.9. The molecule has 1 aromatic carbocycles. The number of non-ortho nitro benzene ring substituents is 1. The zero-order chi connectivity index (χ0) is 22.7. The number of rotatable bonds is 7. The van der Waals surface area contributed by atoms with Crippen molar-refractivity contribution in [3.63, 3.8) is 0 Å². The highest BCUT2D eigenvalue weighted by molar-refractivity contribution is 7.12. The number of esters is 1. The average molecular weight is 472 g/mol. The van der Waals surface area contributed by atoms with Crippen molar-refractivity contribution in [3.8, 4) is 5.75 Å². The first-order chi connectivity index (χ1) is 15.5. The molecule has 164 valence electrons. The van der Waals surface area contributed by atoms with Crippen LogP contribution in [0.25, 0.3) is 0 Å². The number of ether oxygens (including phenoxy) is 2. The molecule has 32 heavy (non-hydrogen) atoms. The Bertz CT molecular complexity index is 1170. The number of hydrogen-bond acceptors (Lipinski definition) is 9. The molecule has 0 fully saturated rings. The second kappa shape index (κ2) is 9.28. The standard InChI is InChI=1S/C21H17N3O6S2/c1-29-17-7-6-13(24(27)28)10-14(17)21(26)30-12-20(25)23-16(19-5-3-9-32-19)11-15(22-23)18-4-2-8-31-18/h2-10,16H,11-12H2,1H3. The van der Waals surface area contributed by atoms with Gasteiger partial charge in [-0.2, -0.15) is 5.10 Å². The van der Waals surface area contributed by atoms with Crippen LogP contribution in [-0.4, -0.2) is 41.2 Å². The summed E-state index contributed by atoms with van der Waals surface area (Å²) in [6.45, 7) is -0.562. The molecular weight excluding hydrogens is 454 g/mol. The van der Waals surface area contributed by atoms with Crippen LogP contribution in [0.15, 0.2) is 58.3 Å². The molecule has 11 heteroatoms. The van der Waals surface area contributed by atoms with E-state index in [1.165, 1.54) is 46.9 Å². The molecule has 1 amide bonds. The summed E-state index contributed by atoms with van der Waals surface area (Å²) in [5, 5.41) is 20.7. The van der Waals surface area contributed by atoms with E-state index >= 15 is 0 Å². The molecule has 1 unspecified atom stereocenters. The van der Waals surface area contributed by atoms with Crippen molar-refractivity contribution >= 4 is 45.9 Å². The van der Waals surface area contributed by atoms with Crippen LogP contribution in [0, 0.1) is 10.1 Å². The van der Waals surface area contributed by atoms with E-state index in [2.05, 4.69) is 5.10 Å². The molecule has 3 aromatic rings. The second-order valence-corrected chi connectivity index (χ2v) is 8.64. The lowest BCUT2D eigenvalue weighted by Crippen LogP contribution is -2.31. The largest absolute Gasteiger partial charge is 0.496 e. The molecule has 3 heterocycles. The van der Waals surface area contributed by atoms with Crippen LogP contribution in [0.1, 0.15) is 32.6 Å². The Labute approximate surface area is 190 Å². The molecule has 1 aliphatic heterocycles. The quantitative estimate of drug-likeness (QED) is 0.289. The number of hydrogen-bond donors (Lipinski definition) is 0. The fraction of sp³-hybridized carbons (Fsp3) is 0.190. The minimum atomic E-state index is -0.895. The molecule has 0 saturated heterocycles. The molecule has 0 spiro atoms. The monoisotopic (exact) mass is 471 g/mol. The second-order valence-electron chi connectivity index (χ2n) is 6.72. The summed E-state index contributed by atoms with van der Waals surface area (Å²) in [5.41, 5.74) is 0.374. The molecule has 0 bridgehead atoms. The van der Waals surface area contributed by atoms with Gasteiger partial charge in [0.1, 0.15) is 11.3 Å². The Morgan fingerprint density at radius 3 is 2.66 bits per heavy atom. The van der Waals surface area contributed by atoms with Gasteiger partial charge >= 0.3 is 5.97 Å². The topological polar surface area (TPSA) is 111 Å². The van der Waals surface area contributed by atoms with Crippen molar-refractivity contribution in [2.75, 3.05) is 13.7 Å². The summed E-state index contributed by atoms with van der Waals surface area (Å²) in [6, 6.07) is 11.0. The van der Waals surface area contributed by atoms with Crippen molar-refractivity contribution in [1.29, 1.82) is 0 Å². The third kappa shape index (κ3) is 4.39. The lowest BCUT2D eigenvalue weighted by atomic mass is 10.1. The van der Waals surface area contributed by atoms with E-state index in [4.69, 9.17) is 9.47 Å². The van der Waals surface area contributed by atoms with Crippen molar-refractivity contribution in [1.82, 2.24) is 5.01 Å². The van der Waals surface area contributed by atoms with Crippen molar-refractivity contribution in [3.05, 3.63) is 78.7 Å². The van der Waals surface area contributed by atoms with Gasteiger partial charge in [-0.05, 0) is 29.0 Å². The number of hydrazone groups is 1. The number of amides is 1. The fourth-order valence-corrected chi connectivity index (χ4v) is 4.81. The van der Waals surface area contributed by atoms with Crippen LogP contribution in [0.2, 0.25) is 0 Å². The Balaban J connectivity index is 1.51. The van der Waals surface area contributed by atoms with Gasteiger partial charge in [-0.3, -0.25) is 14.9 Å². The number of nitrogens with zero attached hydrogens (tertiary/aromatic N) is 3. The van der Waals surface area contributed by atoms with E-state index in [0.29, 0.717) is 6.42 Å². The molecule has 0 saturated carbocycles. The van der Waals surface area contributed by atoms with E-state index in [1.807, 2.05) is 35.0 Å². The summed E-state index contributed by atoms with van der Waals surface area (Å²) in [6.07, 6.45) is 0.555. The van der Waals surface area contributed by atoms with E-state index in [1.54, 1.807) is 0 Å². The normalized spacial score (nSPS) is 15.3. The van der Waals surface area contributed by atoms with Gasteiger partial charge in [0, 0.05) is 23.4 Å². The van der Waals surface area contributed by atoms with Crippen LogP contribution in [-0.2, 0) is 9.53 Å². The molecule has 4 rings (SSSR count). The van der Waals surface area contributed by atoms with Gasteiger partial charge in [-0.15, -0.1) is 22.7 Å². The SMILES string of the molecule is COc1ccc([N+](=O)[O-])cc1C(=O)OCC(=O)N1N=C(c2cccs2)CC1c1cccs1. The van der Waals surface area contributed by atoms with Crippen LogP contribution < -0.4 is 4.74 Å². The first-order valence-corrected chi connectivity index (χ1v) is 11.2. The maximum absolute atomic E-state index is 12.9. The van der Waals surface area contributed by atoms with Crippen molar-refractivity contribution in [2.45, 2.75) is 12.5 Å². The zero-order valence-corrected chi connectivity index (χ0v) is 18.4. The van der Waals surface area contributed by atoms with E-state index in [9.17, 15) is 19.7 Å².